The van der Waals surface area contributed by atoms with Gasteiger partial charge in [-0.05, 0) is 87.3 Å². The molecule has 8 rings (SSSR count). The van der Waals surface area contributed by atoms with Crippen LogP contribution in [0.2, 0.25) is 0 Å². The van der Waals surface area contributed by atoms with Crippen molar-refractivity contribution in [2.24, 2.45) is 34.5 Å². The standard InChI is InChI=1S/C40H48FN3O7/c1-21-18-43(14-13-42-21)35-30(41)16-26-34(37(35)50-4)44(23-6-7-23)19-27(36(26)48)38(49)51-20-32(47)29-10-9-28-25-8-5-22-15-24(45)11-12-39(22,2)33(25)31(46)17-40(28,29)3/h11-12,15-16,19,21,23,25,28-29,31,33,42,46H,5-10,13-14,17-18,20H2,1-4H3. The highest BCUT2D eigenvalue weighted by atomic mass is 19.1. The lowest BCUT2D eigenvalue weighted by Crippen LogP contribution is -2.56. The molecule has 2 N–H and O–H groups in total. The number of halogens is 1. The zero-order chi connectivity index (χ0) is 36.0. The number of esters is 1. The molecule has 2 heterocycles. The number of carbonyl (C=O) groups excluding carboxylic acids is 3. The first kappa shape index (κ1) is 34.3. The normalized spacial score (nSPS) is 34.4. The van der Waals surface area contributed by atoms with Crippen LogP contribution < -0.4 is 20.4 Å². The number of rotatable bonds is 7. The molecule has 2 aromatic rings. The molecule has 0 bridgehead atoms. The molecule has 5 aliphatic carbocycles. The molecule has 8 atom stereocenters. The van der Waals surface area contributed by atoms with E-state index in [4.69, 9.17) is 9.47 Å². The third kappa shape index (κ3) is 5.40. The molecule has 1 aliphatic heterocycles. The summed E-state index contributed by atoms with van der Waals surface area (Å²) in [7, 11) is 1.47. The first-order valence-electron chi connectivity index (χ1n) is 18.6. The van der Waals surface area contributed by atoms with Crippen LogP contribution in [0.15, 0.2) is 40.9 Å². The van der Waals surface area contributed by atoms with Crippen molar-refractivity contribution in [2.45, 2.75) is 83.9 Å². The highest BCUT2D eigenvalue weighted by Crippen LogP contribution is 2.66. The first-order valence-corrected chi connectivity index (χ1v) is 18.6. The lowest BCUT2D eigenvalue weighted by molar-refractivity contribution is -0.141. The number of allylic oxidation sites excluding steroid dienone is 4. The number of aromatic nitrogens is 1. The number of ether oxygens (including phenoxy) is 2. The fraction of sp³-hybridized carbons (Fsp3) is 0.600. The number of aliphatic hydroxyl groups is 1. The number of ketones is 2. The van der Waals surface area contributed by atoms with E-state index in [1.54, 1.807) is 12.2 Å². The van der Waals surface area contributed by atoms with Crippen molar-refractivity contribution >= 4 is 34.1 Å². The van der Waals surface area contributed by atoms with Crippen molar-refractivity contribution < 1.29 is 33.4 Å². The summed E-state index contributed by atoms with van der Waals surface area (Å²) in [5.41, 5.74) is 0.0859. The molecule has 0 radical (unpaired) electrons. The number of pyridine rings is 1. The molecule has 4 saturated carbocycles. The Labute approximate surface area is 297 Å². The van der Waals surface area contributed by atoms with E-state index in [1.165, 1.54) is 19.4 Å². The summed E-state index contributed by atoms with van der Waals surface area (Å²) >= 11 is 0. The number of hydrogen-bond donors (Lipinski definition) is 2. The van der Waals surface area contributed by atoms with Gasteiger partial charge in [-0.3, -0.25) is 14.4 Å². The van der Waals surface area contributed by atoms with Gasteiger partial charge in [0.1, 0.15) is 11.3 Å². The molecular formula is C40H48FN3O7. The van der Waals surface area contributed by atoms with Crippen molar-refractivity contribution in [3.05, 3.63) is 57.7 Å². The second kappa shape index (κ2) is 12.4. The number of carbonyl (C=O) groups is 3. The highest BCUT2D eigenvalue weighted by Gasteiger charge is 2.62. The number of anilines is 1. The van der Waals surface area contributed by atoms with Crippen molar-refractivity contribution in [2.75, 3.05) is 38.3 Å². The van der Waals surface area contributed by atoms with E-state index in [0.717, 1.165) is 37.7 Å². The summed E-state index contributed by atoms with van der Waals surface area (Å²) in [6.45, 7) is 7.60. The number of fused-ring (bicyclic) bond motifs is 6. The zero-order valence-electron chi connectivity index (χ0n) is 29.9. The Hall–Kier alpha value is -3.83. The average molecular weight is 702 g/mol. The molecular weight excluding hydrogens is 653 g/mol. The number of Topliss-reactive ketones (excluding diaryl/α,β-unsaturated/α-hetero) is 1. The van der Waals surface area contributed by atoms with Gasteiger partial charge >= 0.3 is 5.97 Å². The number of methoxy groups -OCH3 is 1. The van der Waals surface area contributed by atoms with Crippen molar-refractivity contribution in [1.29, 1.82) is 0 Å². The molecule has 1 aromatic heterocycles. The van der Waals surface area contributed by atoms with Gasteiger partial charge in [0, 0.05) is 55.2 Å². The van der Waals surface area contributed by atoms with E-state index in [1.807, 2.05) is 22.5 Å². The van der Waals surface area contributed by atoms with Crippen molar-refractivity contribution in [3.8, 4) is 5.75 Å². The van der Waals surface area contributed by atoms with E-state index in [2.05, 4.69) is 19.2 Å². The van der Waals surface area contributed by atoms with E-state index in [0.29, 0.717) is 43.7 Å². The van der Waals surface area contributed by atoms with Crippen molar-refractivity contribution in [3.63, 3.8) is 0 Å². The summed E-state index contributed by atoms with van der Waals surface area (Å²) in [6.07, 6.45) is 11.4. The van der Waals surface area contributed by atoms with Gasteiger partial charge in [0.2, 0.25) is 5.43 Å². The molecule has 51 heavy (non-hydrogen) atoms. The van der Waals surface area contributed by atoms with Crippen LogP contribution in [-0.2, 0) is 14.3 Å². The molecule has 8 unspecified atom stereocenters. The summed E-state index contributed by atoms with van der Waals surface area (Å²) < 4.78 is 29.2. The van der Waals surface area contributed by atoms with Gasteiger partial charge in [0.15, 0.2) is 29.7 Å². The van der Waals surface area contributed by atoms with Crippen LogP contribution in [0.25, 0.3) is 10.9 Å². The summed E-state index contributed by atoms with van der Waals surface area (Å²) in [4.78, 5) is 55.5. The van der Waals surface area contributed by atoms with Crippen molar-refractivity contribution in [1.82, 2.24) is 9.88 Å². The quantitative estimate of drug-likeness (QED) is 0.388. The Kier molecular flexibility index (Phi) is 8.33. The van der Waals surface area contributed by atoms with Crippen LogP contribution in [0.5, 0.6) is 5.75 Å². The Morgan fingerprint density at radius 3 is 2.65 bits per heavy atom. The Morgan fingerprint density at radius 2 is 1.92 bits per heavy atom. The third-order valence-corrected chi connectivity index (χ3v) is 13.5. The van der Waals surface area contributed by atoms with Crippen LogP contribution in [0.1, 0.15) is 82.1 Å². The predicted molar refractivity (Wildman–Crippen MR) is 189 cm³/mol. The molecule has 6 aliphatic rings. The Morgan fingerprint density at radius 1 is 1.14 bits per heavy atom. The van der Waals surface area contributed by atoms with Gasteiger partial charge in [-0.1, -0.05) is 25.5 Å². The summed E-state index contributed by atoms with van der Waals surface area (Å²) in [6, 6.07) is 1.37. The fourth-order valence-electron chi connectivity index (χ4n) is 11.0. The average Bonchev–Trinajstić information content (AvgIpc) is 3.88. The summed E-state index contributed by atoms with van der Waals surface area (Å²) in [5.74, 6) is -1.48. The van der Waals surface area contributed by atoms with Crippen LogP contribution in [-0.4, -0.2) is 72.7 Å². The third-order valence-electron chi connectivity index (χ3n) is 13.5. The van der Waals surface area contributed by atoms with E-state index in [9.17, 15) is 24.3 Å². The van der Waals surface area contributed by atoms with Gasteiger partial charge in [-0.15, -0.1) is 0 Å². The highest BCUT2D eigenvalue weighted by molar-refractivity contribution is 6.01. The van der Waals surface area contributed by atoms with E-state index < -0.39 is 41.3 Å². The predicted octanol–water partition coefficient (Wildman–Crippen LogP) is 4.90. The van der Waals surface area contributed by atoms with Gasteiger partial charge in [0.05, 0.1) is 24.1 Å². The molecule has 0 amide bonds. The van der Waals surface area contributed by atoms with Gasteiger partial charge in [-0.25, -0.2) is 9.18 Å². The largest absolute Gasteiger partial charge is 0.492 e. The second-order valence-corrected chi connectivity index (χ2v) is 16.4. The fourth-order valence-corrected chi connectivity index (χ4v) is 11.0. The minimum atomic E-state index is -0.911. The summed E-state index contributed by atoms with van der Waals surface area (Å²) in [5, 5.41) is 15.1. The molecule has 10 nitrogen and oxygen atoms in total. The minimum absolute atomic E-state index is 0.00572. The Balaban J connectivity index is 1.04. The number of nitrogens with one attached hydrogen (secondary N) is 1. The maximum Gasteiger partial charge on any atom is 0.344 e. The number of aliphatic hydroxyl groups excluding tert-OH is 1. The second-order valence-electron chi connectivity index (χ2n) is 16.4. The van der Waals surface area contributed by atoms with Gasteiger partial charge < -0.3 is 29.4 Å². The molecule has 272 valence electrons. The van der Waals surface area contributed by atoms with Crippen LogP contribution in [0, 0.1) is 40.3 Å². The number of nitrogens with zero attached hydrogens (tertiary/aromatic N) is 2. The van der Waals surface area contributed by atoms with Gasteiger partial charge in [-0.2, -0.15) is 0 Å². The van der Waals surface area contributed by atoms with Gasteiger partial charge in [0.25, 0.3) is 0 Å². The first-order chi connectivity index (χ1) is 24.4. The minimum Gasteiger partial charge on any atom is -0.492 e. The molecule has 5 fully saturated rings. The molecule has 0 spiro atoms. The molecule has 1 saturated heterocycles. The number of piperazine rings is 1. The number of benzene rings is 1. The van der Waals surface area contributed by atoms with E-state index in [-0.39, 0.29) is 63.5 Å². The lowest BCUT2D eigenvalue weighted by atomic mass is 9.46. The zero-order valence-corrected chi connectivity index (χ0v) is 29.9. The number of hydrogen-bond acceptors (Lipinski definition) is 9. The smallest absolute Gasteiger partial charge is 0.344 e. The van der Waals surface area contributed by atoms with Crippen LogP contribution in [0.4, 0.5) is 10.1 Å². The lowest BCUT2D eigenvalue weighted by Gasteiger charge is -2.58. The van der Waals surface area contributed by atoms with E-state index >= 15 is 4.39 Å². The van der Waals surface area contributed by atoms with Crippen LogP contribution >= 0.6 is 0 Å². The Bertz CT molecular complexity index is 1950. The molecule has 11 heteroatoms. The van der Waals surface area contributed by atoms with Crippen LogP contribution in [0.3, 0.4) is 0 Å². The SMILES string of the molecule is COc1c(N2CCNC(C)C2)c(F)cc2c(=O)c(C(=O)OCC(=O)C3CCC4C5CCC6=CC(=O)C=CC6(C)C5C(O)CC34C)cn(C3CC3)c12. The maximum atomic E-state index is 15.9. The molecule has 1 aromatic carbocycles. The maximum absolute atomic E-state index is 15.9. The topological polar surface area (TPSA) is 127 Å². The monoisotopic (exact) mass is 701 g/mol.